The summed E-state index contributed by atoms with van der Waals surface area (Å²) in [7, 11) is 0. The summed E-state index contributed by atoms with van der Waals surface area (Å²) >= 11 is 0. The van der Waals surface area contributed by atoms with Crippen molar-refractivity contribution in [3.63, 3.8) is 0 Å². The third kappa shape index (κ3) is 3.96. The molecule has 0 aliphatic carbocycles. The van der Waals surface area contributed by atoms with Crippen molar-refractivity contribution in [1.82, 2.24) is 0 Å². The van der Waals surface area contributed by atoms with E-state index < -0.39 is 5.60 Å². The number of fused-ring (bicyclic) bond motifs is 4. The first-order valence-corrected chi connectivity index (χ1v) is 14.0. The Balaban J connectivity index is 1.21. The Morgan fingerprint density at radius 2 is 1.54 bits per heavy atom. The maximum absolute atomic E-state index is 14.1. The van der Waals surface area contributed by atoms with Crippen LogP contribution in [0.25, 0.3) is 0 Å². The number of benzene rings is 4. The minimum absolute atomic E-state index is 0.0145. The van der Waals surface area contributed by atoms with Gasteiger partial charge in [0.1, 0.15) is 5.75 Å². The molecule has 4 aromatic rings. The van der Waals surface area contributed by atoms with Crippen LogP contribution >= 0.6 is 0 Å². The summed E-state index contributed by atoms with van der Waals surface area (Å²) in [6.45, 7) is 2.46. The van der Waals surface area contributed by atoms with Gasteiger partial charge >= 0.3 is 0 Å². The SMILES string of the molecule is C[C@H]1C[C@@H](CCO)O[C@]12C(=O)N(Cc1ccc(N3C(=O)c4ccccc4Oc4ccccc43)cc1)c1ccccc12. The predicted octanol–water partition coefficient (Wildman–Crippen LogP) is 6.32. The summed E-state index contributed by atoms with van der Waals surface area (Å²) in [6, 6.07) is 30.3. The number of carbonyl (C=O) groups is 2. The fraction of sp³-hybridized carbons (Fsp3) is 0.235. The molecule has 3 aliphatic rings. The number of rotatable bonds is 5. The molecule has 0 bridgehead atoms. The van der Waals surface area contributed by atoms with Crippen molar-refractivity contribution in [3.05, 3.63) is 114 Å². The van der Waals surface area contributed by atoms with E-state index in [1.54, 1.807) is 21.9 Å². The third-order valence-electron chi connectivity index (χ3n) is 8.45. The van der Waals surface area contributed by atoms with E-state index in [9.17, 15) is 14.7 Å². The molecule has 4 aromatic carbocycles. The fourth-order valence-electron chi connectivity index (χ4n) is 6.50. The molecule has 1 saturated heterocycles. The van der Waals surface area contributed by atoms with E-state index in [4.69, 9.17) is 9.47 Å². The number of carbonyl (C=O) groups excluding carboxylic acids is 2. The molecule has 2 amide bonds. The van der Waals surface area contributed by atoms with E-state index in [1.807, 2.05) is 84.9 Å². The molecular formula is C34H30N2O5. The van der Waals surface area contributed by atoms with E-state index in [1.165, 1.54) is 0 Å². The van der Waals surface area contributed by atoms with Crippen LogP contribution in [0.3, 0.4) is 0 Å². The van der Waals surface area contributed by atoms with Crippen LogP contribution in [-0.2, 0) is 21.7 Å². The first kappa shape index (κ1) is 25.5. The summed E-state index contributed by atoms with van der Waals surface area (Å²) in [5, 5.41) is 9.50. The van der Waals surface area contributed by atoms with Crippen LogP contribution in [0.2, 0.25) is 0 Å². The highest BCUT2D eigenvalue weighted by Crippen LogP contribution is 2.53. The van der Waals surface area contributed by atoms with Crippen LogP contribution in [0.5, 0.6) is 11.5 Å². The summed E-state index contributed by atoms with van der Waals surface area (Å²) in [4.78, 5) is 31.3. The second-order valence-corrected chi connectivity index (χ2v) is 10.9. The molecule has 0 aromatic heterocycles. The van der Waals surface area contributed by atoms with E-state index in [2.05, 4.69) is 6.92 Å². The number of aliphatic hydroxyl groups excluding tert-OH is 1. The Morgan fingerprint density at radius 1 is 0.854 bits per heavy atom. The fourth-order valence-corrected chi connectivity index (χ4v) is 6.50. The highest BCUT2D eigenvalue weighted by molar-refractivity contribution is 6.14. The zero-order chi connectivity index (χ0) is 28.1. The molecule has 1 N–H and O–H groups in total. The van der Waals surface area contributed by atoms with Gasteiger partial charge in [0.15, 0.2) is 11.4 Å². The molecule has 7 nitrogen and oxygen atoms in total. The van der Waals surface area contributed by atoms with Crippen molar-refractivity contribution in [3.8, 4) is 11.5 Å². The van der Waals surface area contributed by atoms with Gasteiger partial charge in [-0.15, -0.1) is 0 Å². The zero-order valence-corrected chi connectivity index (χ0v) is 22.7. The van der Waals surface area contributed by atoms with Gasteiger partial charge in [-0.2, -0.15) is 0 Å². The Morgan fingerprint density at radius 3 is 2.32 bits per heavy atom. The lowest BCUT2D eigenvalue weighted by atomic mass is 9.83. The van der Waals surface area contributed by atoms with Crippen LogP contribution < -0.4 is 14.5 Å². The number of nitrogens with zero attached hydrogens (tertiary/aromatic N) is 2. The van der Waals surface area contributed by atoms with Gasteiger partial charge in [-0.3, -0.25) is 14.5 Å². The molecule has 3 atom stereocenters. The van der Waals surface area contributed by atoms with Gasteiger partial charge in [-0.25, -0.2) is 0 Å². The predicted molar refractivity (Wildman–Crippen MR) is 156 cm³/mol. The normalized spacial score (nSPS) is 22.8. The van der Waals surface area contributed by atoms with Gasteiger partial charge < -0.3 is 19.5 Å². The molecule has 0 saturated carbocycles. The summed E-state index contributed by atoms with van der Waals surface area (Å²) in [5.41, 5.74) is 3.49. The Bertz CT molecular complexity index is 1650. The summed E-state index contributed by atoms with van der Waals surface area (Å²) in [5.74, 6) is 0.868. The van der Waals surface area contributed by atoms with Gasteiger partial charge in [0, 0.05) is 23.8 Å². The van der Waals surface area contributed by atoms with Gasteiger partial charge in [0.2, 0.25) is 0 Å². The molecule has 3 heterocycles. The first-order valence-electron chi connectivity index (χ1n) is 14.0. The van der Waals surface area contributed by atoms with Crippen molar-refractivity contribution < 1.29 is 24.2 Å². The summed E-state index contributed by atoms with van der Waals surface area (Å²) in [6.07, 6.45) is 1.08. The number of ether oxygens (including phenoxy) is 2. The van der Waals surface area contributed by atoms with Crippen LogP contribution in [0, 0.1) is 5.92 Å². The first-order chi connectivity index (χ1) is 20.0. The monoisotopic (exact) mass is 546 g/mol. The van der Waals surface area contributed by atoms with E-state index in [-0.39, 0.29) is 30.4 Å². The van der Waals surface area contributed by atoms with Crippen LogP contribution in [0.15, 0.2) is 97.1 Å². The number of hydrogen-bond donors (Lipinski definition) is 1. The largest absolute Gasteiger partial charge is 0.454 e. The molecule has 0 radical (unpaired) electrons. The topological polar surface area (TPSA) is 79.3 Å². The molecule has 206 valence electrons. The van der Waals surface area contributed by atoms with E-state index in [0.717, 1.165) is 23.2 Å². The van der Waals surface area contributed by atoms with Crippen molar-refractivity contribution in [2.45, 2.75) is 38.0 Å². The molecule has 7 heteroatoms. The van der Waals surface area contributed by atoms with Crippen LogP contribution in [0.1, 0.15) is 41.3 Å². The molecule has 41 heavy (non-hydrogen) atoms. The Hall–Kier alpha value is -4.46. The molecular weight excluding hydrogens is 516 g/mol. The molecule has 3 aliphatic heterocycles. The average Bonchev–Trinajstić information content (AvgIpc) is 3.39. The number of amides is 2. The second-order valence-electron chi connectivity index (χ2n) is 10.9. The molecule has 0 unspecified atom stereocenters. The minimum Gasteiger partial charge on any atom is -0.454 e. The second kappa shape index (κ2) is 9.87. The zero-order valence-electron chi connectivity index (χ0n) is 22.7. The number of hydrogen-bond acceptors (Lipinski definition) is 5. The smallest absolute Gasteiger partial charge is 0.266 e. The average molecular weight is 547 g/mol. The van der Waals surface area contributed by atoms with Gasteiger partial charge in [-0.05, 0) is 60.9 Å². The lowest BCUT2D eigenvalue weighted by Crippen LogP contribution is -2.43. The van der Waals surface area contributed by atoms with Crippen molar-refractivity contribution in [1.29, 1.82) is 0 Å². The van der Waals surface area contributed by atoms with E-state index >= 15 is 0 Å². The lowest BCUT2D eigenvalue weighted by Gasteiger charge is -2.28. The molecule has 1 spiro atoms. The van der Waals surface area contributed by atoms with Crippen molar-refractivity contribution >= 4 is 28.9 Å². The van der Waals surface area contributed by atoms with Crippen molar-refractivity contribution in [2.24, 2.45) is 5.92 Å². The highest BCUT2D eigenvalue weighted by atomic mass is 16.5. The van der Waals surface area contributed by atoms with Gasteiger partial charge in [0.05, 0.1) is 29.6 Å². The maximum atomic E-state index is 14.1. The van der Waals surface area contributed by atoms with Crippen molar-refractivity contribution in [2.75, 3.05) is 16.4 Å². The number of para-hydroxylation sites is 4. The standard InChI is InChI=1S/C34H30N2O5/c1-22-20-25(18-19-37)41-34(22)27-9-3-4-10-28(27)35(33(34)39)21-23-14-16-24(17-15-23)36-29-11-5-7-13-31(29)40-30-12-6-2-8-26(30)32(36)38/h2-17,22,25,37H,18-21H2,1H3/t22-,25+,34+/m0/s1. The van der Waals surface area contributed by atoms with E-state index in [0.29, 0.717) is 41.4 Å². The number of anilines is 3. The summed E-state index contributed by atoms with van der Waals surface area (Å²) < 4.78 is 12.6. The lowest BCUT2D eigenvalue weighted by molar-refractivity contribution is -0.146. The Kier molecular flexibility index (Phi) is 6.14. The minimum atomic E-state index is -1.04. The number of aliphatic hydroxyl groups is 1. The van der Waals surface area contributed by atoms with Gasteiger partial charge in [0.25, 0.3) is 11.8 Å². The Labute approximate surface area is 238 Å². The maximum Gasteiger partial charge on any atom is 0.266 e. The third-order valence-corrected chi connectivity index (χ3v) is 8.45. The van der Waals surface area contributed by atoms with Crippen LogP contribution in [-0.4, -0.2) is 29.6 Å². The molecule has 1 fully saturated rings. The van der Waals surface area contributed by atoms with Crippen LogP contribution in [0.4, 0.5) is 17.1 Å². The van der Waals surface area contributed by atoms with Gasteiger partial charge in [-0.1, -0.05) is 61.5 Å². The molecule has 7 rings (SSSR count). The quantitative estimate of drug-likeness (QED) is 0.317. The highest BCUT2D eigenvalue weighted by Gasteiger charge is 2.59.